The van der Waals surface area contributed by atoms with Crippen molar-refractivity contribution in [3.05, 3.63) is 46.0 Å². The molecule has 0 unspecified atom stereocenters. The summed E-state index contributed by atoms with van der Waals surface area (Å²) in [5.74, 6) is 0.557. The van der Waals surface area contributed by atoms with Gasteiger partial charge in [-0.3, -0.25) is 0 Å². The molecular weight excluding hydrogens is 287 g/mol. The molecule has 2 N–H and O–H groups in total. The van der Waals surface area contributed by atoms with Crippen molar-refractivity contribution in [3.63, 3.8) is 0 Å². The van der Waals surface area contributed by atoms with Gasteiger partial charge in [-0.1, -0.05) is 18.2 Å². The van der Waals surface area contributed by atoms with Crippen LogP contribution in [0, 0.1) is 3.57 Å². The molecule has 0 radical (unpaired) electrons. The maximum Gasteiger partial charge on any atom is 0.124 e. The molecule has 2 nitrogen and oxygen atoms in total. The van der Waals surface area contributed by atoms with Gasteiger partial charge in [0.15, 0.2) is 0 Å². The molecule has 0 fully saturated rings. The van der Waals surface area contributed by atoms with E-state index < -0.39 is 0 Å². The minimum Gasteiger partial charge on any atom is -0.384 e. The summed E-state index contributed by atoms with van der Waals surface area (Å²) in [4.78, 5) is 4.26. The Bertz CT molecular complexity index is 411. The van der Waals surface area contributed by atoms with Gasteiger partial charge in [-0.25, -0.2) is 4.98 Å². The summed E-state index contributed by atoms with van der Waals surface area (Å²) >= 11 is 2.28. The molecule has 0 aliphatic heterocycles. The fourth-order valence-electron chi connectivity index (χ4n) is 1.26. The number of benzene rings is 1. The van der Waals surface area contributed by atoms with E-state index in [0.717, 1.165) is 11.3 Å². The summed E-state index contributed by atoms with van der Waals surface area (Å²) in [5.41, 5.74) is 7.64. The van der Waals surface area contributed by atoms with Gasteiger partial charge in [-0.15, -0.1) is 0 Å². The van der Waals surface area contributed by atoms with E-state index >= 15 is 0 Å². The molecule has 2 aromatic rings. The number of nitrogen functional groups attached to an aromatic ring is 1. The van der Waals surface area contributed by atoms with Crippen LogP contribution in [0.4, 0.5) is 5.82 Å². The number of anilines is 1. The van der Waals surface area contributed by atoms with Gasteiger partial charge in [0.25, 0.3) is 0 Å². The van der Waals surface area contributed by atoms with Crippen molar-refractivity contribution in [1.29, 1.82) is 0 Å². The fourth-order valence-corrected chi connectivity index (χ4v) is 1.80. The third-order valence-electron chi connectivity index (χ3n) is 1.89. The van der Waals surface area contributed by atoms with Crippen LogP contribution in [0.25, 0.3) is 11.3 Å². The predicted octanol–water partition coefficient (Wildman–Crippen LogP) is 2.94. The molecule has 0 amide bonds. The smallest absolute Gasteiger partial charge is 0.124 e. The highest BCUT2D eigenvalue weighted by molar-refractivity contribution is 14.1. The molecule has 0 aliphatic carbocycles. The van der Waals surface area contributed by atoms with Crippen LogP contribution in [-0.4, -0.2) is 4.98 Å². The number of pyridine rings is 1. The van der Waals surface area contributed by atoms with Gasteiger partial charge >= 0.3 is 0 Å². The number of hydrogen-bond donors (Lipinski definition) is 1. The SMILES string of the molecule is Nc1cccc(-c2cccc(I)c2)n1. The van der Waals surface area contributed by atoms with Gasteiger partial charge in [-0.05, 0) is 46.9 Å². The molecule has 2 rings (SSSR count). The van der Waals surface area contributed by atoms with E-state index in [9.17, 15) is 0 Å². The highest BCUT2D eigenvalue weighted by atomic mass is 127. The molecule has 70 valence electrons. The molecule has 0 bridgehead atoms. The lowest BCUT2D eigenvalue weighted by Crippen LogP contribution is -1.91. The molecule has 0 saturated carbocycles. The first-order valence-electron chi connectivity index (χ1n) is 4.24. The summed E-state index contributed by atoms with van der Waals surface area (Å²) in [6.45, 7) is 0. The first-order chi connectivity index (χ1) is 6.75. The second kappa shape index (κ2) is 3.96. The number of halogens is 1. The summed E-state index contributed by atoms with van der Waals surface area (Å²) < 4.78 is 1.20. The minimum atomic E-state index is 0.557. The van der Waals surface area contributed by atoms with Crippen LogP contribution in [0.3, 0.4) is 0 Å². The molecule has 1 aromatic carbocycles. The molecule has 3 heteroatoms. The molecule has 1 heterocycles. The van der Waals surface area contributed by atoms with E-state index in [4.69, 9.17) is 5.73 Å². The van der Waals surface area contributed by atoms with Crippen LogP contribution < -0.4 is 5.73 Å². The summed E-state index contributed by atoms with van der Waals surface area (Å²) in [7, 11) is 0. The maximum atomic E-state index is 5.62. The van der Waals surface area contributed by atoms with Crippen molar-refractivity contribution in [2.75, 3.05) is 5.73 Å². The van der Waals surface area contributed by atoms with Crippen LogP contribution in [0.5, 0.6) is 0 Å². The molecule has 14 heavy (non-hydrogen) atoms. The summed E-state index contributed by atoms with van der Waals surface area (Å²) in [6, 6.07) is 13.8. The third kappa shape index (κ3) is 2.04. The average molecular weight is 296 g/mol. The lowest BCUT2D eigenvalue weighted by atomic mass is 10.1. The normalized spacial score (nSPS) is 10.1. The Morgan fingerprint density at radius 2 is 1.86 bits per heavy atom. The molecule has 0 spiro atoms. The van der Waals surface area contributed by atoms with Gasteiger partial charge in [-0.2, -0.15) is 0 Å². The zero-order valence-corrected chi connectivity index (χ0v) is 9.60. The maximum absolute atomic E-state index is 5.62. The van der Waals surface area contributed by atoms with Gasteiger partial charge in [0, 0.05) is 9.13 Å². The van der Waals surface area contributed by atoms with Crippen molar-refractivity contribution in [3.8, 4) is 11.3 Å². The lowest BCUT2D eigenvalue weighted by Gasteiger charge is -2.01. The Labute approximate surface area is 96.3 Å². The van der Waals surface area contributed by atoms with Crippen molar-refractivity contribution in [1.82, 2.24) is 4.98 Å². The first-order valence-corrected chi connectivity index (χ1v) is 5.32. The van der Waals surface area contributed by atoms with E-state index in [1.165, 1.54) is 3.57 Å². The Kier molecular flexibility index (Phi) is 2.67. The van der Waals surface area contributed by atoms with E-state index in [1.807, 2.05) is 24.3 Å². The summed E-state index contributed by atoms with van der Waals surface area (Å²) in [6.07, 6.45) is 0. The van der Waals surface area contributed by atoms with Gasteiger partial charge < -0.3 is 5.73 Å². The summed E-state index contributed by atoms with van der Waals surface area (Å²) in [5, 5.41) is 0. The Morgan fingerprint density at radius 3 is 2.57 bits per heavy atom. The monoisotopic (exact) mass is 296 g/mol. The quantitative estimate of drug-likeness (QED) is 0.822. The van der Waals surface area contributed by atoms with Crippen LogP contribution in [0.15, 0.2) is 42.5 Å². The number of nitrogens with zero attached hydrogens (tertiary/aromatic N) is 1. The predicted molar refractivity (Wildman–Crippen MR) is 66.8 cm³/mol. The van der Waals surface area contributed by atoms with Crippen LogP contribution in [-0.2, 0) is 0 Å². The van der Waals surface area contributed by atoms with Crippen LogP contribution in [0.2, 0.25) is 0 Å². The Morgan fingerprint density at radius 1 is 1.07 bits per heavy atom. The second-order valence-corrected chi connectivity index (χ2v) is 4.20. The number of nitrogens with two attached hydrogens (primary N) is 1. The van der Waals surface area contributed by atoms with Gasteiger partial charge in [0.05, 0.1) is 5.69 Å². The number of hydrogen-bond acceptors (Lipinski definition) is 2. The highest BCUT2D eigenvalue weighted by Gasteiger charge is 1.99. The van der Waals surface area contributed by atoms with Gasteiger partial charge in [0.2, 0.25) is 0 Å². The zero-order valence-electron chi connectivity index (χ0n) is 7.44. The Balaban J connectivity index is 2.49. The zero-order chi connectivity index (χ0) is 9.97. The minimum absolute atomic E-state index is 0.557. The third-order valence-corrected chi connectivity index (χ3v) is 2.56. The van der Waals surface area contributed by atoms with Crippen LogP contribution >= 0.6 is 22.6 Å². The average Bonchev–Trinajstić information content (AvgIpc) is 2.18. The molecular formula is C11H9IN2. The second-order valence-electron chi connectivity index (χ2n) is 2.96. The molecule has 0 atom stereocenters. The van der Waals surface area contributed by atoms with Crippen molar-refractivity contribution < 1.29 is 0 Å². The molecule has 0 aliphatic rings. The Hall–Kier alpha value is -1.10. The van der Waals surface area contributed by atoms with E-state index in [2.05, 4.69) is 39.7 Å². The van der Waals surface area contributed by atoms with E-state index in [-0.39, 0.29) is 0 Å². The van der Waals surface area contributed by atoms with Gasteiger partial charge in [0.1, 0.15) is 5.82 Å². The number of rotatable bonds is 1. The van der Waals surface area contributed by atoms with E-state index in [1.54, 1.807) is 6.07 Å². The number of aromatic nitrogens is 1. The topological polar surface area (TPSA) is 38.9 Å². The van der Waals surface area contributed by atoms with Crippen molar-refractivity contribution >= 4 is 28.4 Å². The molecule has 1 aromatic heterocycles. The van der Waals surface area contributed by atoms with Crippen LogP contribution in [0.1, 0.15) is 0 Å². The fraction of sp³-hybridized carbons (Fsp3) is 0. The largest absolute Gasteiger partial charge is 0.384 e. The standard InChI is InChI=1S/C11H9IN2/c12-9-4-1-3-8(7-9)10-5-2-6-11(13)14-10/h1-7H,(H2,13,14). The van der Waals surface area contributed by atoms with E-state index in [0.29, 0.717) is 5.82 Å². The highest BCUT2D eigenvalue weighted by Crippen LogP contribution is 2.19. The van der Waals surface area contributed by atoms with Crippen molar-refractivity contribution in [2.24, 2.45) is 0 Å². The lowest BCUT2D eigenvalue weighted by molar-refractivity contribution is 1.33. The first kappa shape index (κ1) is 9.45. The molecule has 0 saturated heterocycles. The van der Waals surface area contributed by atoms with Crippen molar-refractivity contribution in [2.45, 2.75) is 0 Å².